The Balaban J connectivity index is 1.10. The molecule has 0 fully saturated rings. The van der Waals surface area contributed by atoms with Crippen LogP contribution in [0, 0.1) is 0 Å². The van der Waals surface area contributed by atoms with E-state index in [1.54, 1.807) is 0 Å². The van der Waals surface area contributed by atoms with Gasteiger partial charge in [-0.15, -0.1) is 0 Å². The lowest BCUT2D eigenvalue weighted by molar-refractivity contribution is 0.298. The summed E-state index contributed by atoms with van der Waals surface area (Å²) in [7, 11) is -4.44. The molecule has 0 saturated carbocycles. The van der Waals surface area contributed by atoms with Crippen molar-refractivity contribution in [2.45, 2.75) is 75.5 Å². The van der Waals surface area contributed by atoms with Crippen molar-refractivity contribution >= 4 is 7.82 Å². The second-order valence-electron chi connectivity index (χ2n) is 18.5. The van der Waals surface area contributed by atoms with Crippen LogP contribution in [-0.4, -0.2) is 0 Å². The summed E-state index contributed by atoms with van der Waals surface area (Å²) in [5.41, 5.74) is 9.27. The van der Waals surface area contributed by atoms with Gasteiger partial charge in [0.25, 0.3) is 0 Å². The Morgan fingerprint density at radius 3 is 0.606 bits per heavy atom. The van der Waals surface area contributed by atoms with E-state index in [4.69, 9.17) is 13.6 Å². The van der Waals surface area contributed by atoms with Crippen LogP contribution < -0.4 is 13.6 Å². The molecular formula is C66H63O4P. The summed E-state index contributed by atoms with van der Waals surface area (Å²) in [5.74, 6) is 1.09. The fourth-order valence-corrected chi connectivity index (χ4v) is 12.4. The van der Waals surface area contributed by atoms with Crippen molar-refractivity contribution in [3.63, 3.8) is 0 Å². The first kappa shape index (κ1) is 48.6. The van der Waals surface area contributed by atoms with Crippen LogP contribution in [0.4, 0.5) is 0 Å². The van der Waals surface area contributed by atoms with Crippen LogP contribution in [0.5, 0.6) is 17.2 Å². The largest absolute Gasteiger partial charge is 0.647 e. The lowest BCUT2D eigenvalue weighted by Crippen LogP contribution is -2.29. The second kappa shape index (κ2) is 22.1. The topological polar surface area (TPSA) is 44.8 Å². The number of phosphoric acid groups is 1. The molecule has 0 spiro atoms. The minimum atomic E-state index is -4.44. The Morgan fingerprint density at radius 1 is 0.268 bits per heavy atom. The SMILES string of the molecule is CCCC(c1ccccc1)(c1ccccc1)c1ccc(OP(=O)(Oc2ccc(C(CCC)(c3ccccc3)c3ccccc3)cc2)Oc2ccc(C(CCC)(c3ccccc3)c3ccccc3)cc2)cc1. The van der Waals surface area contributed by atoms with Crippen molar-refractivity contribution in [2.75, 3.05) is 0 Å². The predicted octanol–water partition coefficient (Wildman–Crippen LogP) is 17.7. The molecule has 0 aliphatic carbocycles. The molecule has 9 rings (SSSR count). The van der Waals surface area contributed by atoms with E-state index >= 15 is 4.57 Å². The summed E-state index contributed by atoms with van der Waals surface area (Å²) in [5, 5.41) is 0. The van der Waals surface area contributed by atoms with Crippen LogP contribution >= 0.6 is 7.82 Å². The van der Waals surface area contributed by atoms with E-state index in [0.29, 0.717) is 17.2 Å². The summed E-state index contributed by atoms with van der Waals surface area (Å²) in [4.78, 5) is 0. The van der Waals surface area contributed by atoms with E-state index in [1.807, 2.05) is 36.4 Å². The monoisotopic (exact) mass is 950 g/mol. The van der Waals surface area contributed by atoms with Crippen LogP contribution in [-0.2, 0) is 20.8 Å². The van der Waals surface area contributed by atoms with Crippen molar-refractivity contribution in [2.24, 2.45) is 0 Å². The van der Waals surface area contributed by atoms with Crippen molar-refractivity contribution in [3.05, 3.63) is 305 Å². The number of phosphoric ester groups is 1. The molecule has 0 aliphatic heterocycles. The van der Waals surface area contributed by atoms with Gasteiger partial charge >= 0.3 is 7.82 Å². The van der Waals surface area contributed by atoms with E-state index in [9.17, 15) is 0 Å². The zero-order valence-electron chi connectivity index (χ0n) is 41.1. The molecule has 4 nitrogen and oxygen atoms in total. The van der Waals surface area contributed by atoms with E-state index < -0.39 is 24.1 Å². The normalized spacial score (nSPS) is 12.0. The maximum absolute atomic E-state index is 15.5. The molecule has 0 aliphatic rings. The van der Waals surface area contributed by atoms with E-state index in [-0.39, 0.29) is 0 Å². The van der Waals surface area contributed by atoms with Gasteiger partial charge in [0.1, 0.15) is 17.2 Å². The number of rotatable bonds is 21. The Bertz CT molecular complexity index is 2620. The predicted molar refractivity (Wildman–Crippen MR) is 292 cm³/mol. The van der Waals surface area contributed by atoms with Crippen LogP contribution in [0.25, 0.3) is 0 Å². The van der Waals surface area contributed by atoms with Gasteiger partial charge < -0.3 is 13.6 Å². The van der Waals surface area contributed by atoms with E-state index in [2.05, 4.69) is 239 Å². The Labute approximate surface area is 421 Å². The molecule has 0 aromatic heterocycles. The molecule has 0 bridgehead atoms. The first-order chi connectivity index (χ1) is 34.9. The molecule has 0 amide bonds. The van der Waals surface area contributed by atoms with Gasteiger partial charge in [0.05, 0.1) is 0 Å². The zero-order valence-corrected chi connectivity index (χ0v) is 42.0. The maximum atomic E-state index is 15.5. The third-order valence-corrected chi connectivity index (χ3v) is 15.5. The smallest absolute Gasteiger partial charge is 0.386 e. The Morgan fingerprint density at radius 2 is 0.437 bits per heavy atom. The van der Waals surface area contributed by atoms with Crippen molar-refractivity contribution in [3.8, 4) is 17.2 Å². The molecule has 71 heavy (non-hydrogen) atoms. The molecule has 0 unspecified atom stereocenters. The van der Waals surface area contributed by atoms with E-state index in [0.717, 1.165) is 55.2 Å². The number of benzene rings is 9. The second-order valence-corrected chi connectivity index (χ2v) is 19.9. The van der Waals surface area contributed by atoms with Gasteiger partial charge in [0.2, 0.25) is 0 Å². The molecule has 5 heteroatoms. The molecule has 0 radical (unpaired) electrons. The highest BCUT2D eigenvalue weighted by Gasteiger charge is 2.40. The molecule has 9 aromatic rings. The fourth-order valence-electron chi connectivity index (χ4n) is 11.1. The van der Waals surface area contributed by atoms with Crippen LogP contribution in [0.15, 0.2) is 255 Å². The highest BCUT2D eigenvalue weighted by Crippen LogP contribution is 2.53. The molecule has 356 valence electrons. The lowest BCUT2D eigenvalue weighted by Gasteiger charge is -2.36. The molecule has 0 saturated heterocycles. The quantitative estimate of drug-likeness (QED) is 0.0532. The van der Waals surface area contributed by atoms with Crippen molar-refractivity contribution in [1.82, 2.24) is 0 Å². The first-order valence-electron chi connectivity index (χ1n) is 25.2. The lowest BCUT2D eigenvalue weighted by atomic mass is 9.67. The minimum Gasteiger partial charge on any atom is -0.386 e. The summed E-state index contributed by atoms with van der Waals surface area (Å²) < 4.78 is 35.1. The molecule has 0 N–H and O–H groups in total. The molecular weight excluding hydrogens is 888 g/mol. The van der Waals surface area contributed by atoms with Gasteiger partial charge in [-0.2, -0.15) is 4.57 Å². The first-order valence-corrected chi connectivity index (χ1v) is 26.7. The van der Waals surface area contributed by atoms with Crippen LogP contribution in [0.2, 0.25) is 0 Å². The highest BCUT2D eigenvalue weighted by atomic mass is 31.2. The average molecular weight is 951 g/mol. The van der Waals surface area contributed by atoms with Crippen molar-refractivity contribution in [1.29, 1.82) is 0 Å². The van der Waals surface area contributed by atoms with Crippen LogP contribution in [0.1, 0.15) is 109 Å². The standard InChI is InChI=1S/C66H63O4P/c1-4-49-64(52-25-13-7-14-26-52,53-27-15-8-16-28-53)58-37-43-61(44-38-58)68-71(67,69-62-45-39-59(40-46-62)65(50-5-2,54-29-17-9-18-30-54)55-31-19-10-20-32-55)70-63-47-41-60(42-48-63)66(51-6-3,56-33-21-11-22-34-56)57-35-23-12-24-36-57/h7-48H,4-6,49-51H2,1-3H3. The zero-order chi connectivity index (χ0) is 49.0. The number of hydrogen-bond acceptors (Lipinski definition) is 4. The minimum absolute atomic E-state index is 0.363. The molecule has 9 aromatic carbocycles. The van der Waals surface area contributed by atoms with Gasteiger partial charge in [-0.25, -0.2) is 0 Å². The van der Waals surface area contributed by atoms with Crippen LogP contribution in [0.3, 0.4) is 0 Å². The number of hydrogen-bond donors (Lipinski definition) is 0. The third kappa shape index (κ3) is 10.0. The Hall–Kier alpha value is -7.39. The van der Waals surface area contributed by atoms with Gasteiger partial charge in [-0.05, 0) is 106 Å². The Kier molecular flexibility index (Phi) is 15.2. The maximum Gasteiger partial charge on any atom is 0.647 e. The summed E-state index contributed by atoms with van der Waals surface area (Å²) in [6, 6.07) is 87.8. The third-order valence-electron chi connectivity index (χ3n) is 14.2. The van der Waals surface area contributed by atoms with Gasteiger partial charge in [-0.3, -0.25) is 0 Å². The van der Waals surface area contributed by atoms with Gasteiger partial charge in [0.15, 0.2) is 0 Å². The van der Waals surface area contributed by atoms with Gasteiger partial charge in [0, 0.05) is 16.2 Å². The summed E-state index contributed by atoms with van der Waals surface area (Å²) in [6.45, 7) is 6.67. The van der Waals surface area contributed by atoms with Crippen molar-refractivity contribution < 1.29 is 18.1 Å². The van der Waals surface area contributed by atoms with Gasteiger partial charge in [-0.1, -0.05) is 258 Å². The highest BCUT2D eigenvalue weighted by molar-refractivity contribution is 7.49. The summed E-state index contributed by atoms with van der Waals surface area (Å²) >= 11 is 0. The molecule has 0 atom stereocenters. The molecule has 0 heterocycles. The average Bonchev–Trinajstić information content (AvgIpc) is 3.43. The summed E-state index contributed by atoms with van der Waals surface area (Å²) in [6.07, 6.45) is 5.55. The fraction of sp³-hybridized carbons (Fsp3) is 0.182. The van der Waals surface area contributed by atoms with E-state index in [1.165, 1.54) is 33.4 Å².